The van der Waals surface area contributed by atoms with Gasteiger partial charge in [0.25, 0.3) is 9.70 Å². The highest BCUT2D eigenvalue weighted by molar-refractivity contribution is 6.76. The van der Waals surface area contributed by atoms with Crippen molar-refractivity contribution in [1.82, 2.24) is 4.90 Å². The van der Waals surface area contributed by atoms with Gasteiger partial charge in [-0.2, -0.15) is 0 Å². The Morgan fingerprint density at radius 1 is 1.16 bits per heavy atom. The summed E-state index contributed by atoms with van der Waals surface area (Å²) in [6, 6.07) is 9.59. The summed E-state index contributed by atoms with van der Waals surface area (Å²) in [4.78, 5) is 14.6. The minimum Gasteiger partial charge on any atom is -0.348 e. The van der Waals surface area contributed by atoms with Crippen molar-refractivity contribution in [3.8, 4) is 0 Å². The molecule has 2 aliphatic rings. The average Bonchev–Trinajstić information content (AvgIpc) is 3.05. The predicted octanol–water partition coefficient (Wildman–Crippen LogP) is 4.63. The van der Waals surface area contributed by atoms with Gasteiger partial charge in [-0.05, 0) is 25.3 Å². The Morgan fingerprint density at radius 2 is 1.72 bits per heavy atom. The molecule has 0 bridgehead atoms. The van der Waals surface area contributed by atoms with Crippen LogP contribution in [0.1, 0.15) is 44.2 Å². The van der Waals surface area contributed by atoms with Crippen LogP contribution in [0.5, 0.6) is 0 Å². The Hall–Kier alpha value is -0.520. The van der Waals surface area contributed by atoms with E-state index in [1.165, 1.54) is 0 Å². The minimum atomic E-state index is -1.97. The first-order chi connectivity index (χ1) is 11.8. The summed E-state index contributed by atoms with van der Waals surface area (Å²) in [7, 11) is 0. The van der Waals surface area contributed by atoms with E-state index in [9.17, 15) is 4.79 Å². The van der Waals surface area contributed by atoms with Gasteiger partial charge in [0.2, 0.25) is 0 Å². The lowest BCUT2D eigenvalue weighted by atomic mass is 9.87. The second-order valence-electron chi connectivity index (χ2n) is 6.64. The number of nitrogens with zero attached hydrogens (tertiary/aromatic N) is 1. The molecule has 1 aliphatic carbocycles. The van der Waals surface area contributed by atoms with Crippen molar-refractivity contribution in [2.75, 3.05) is 13.2 Å². The van der Waals surface area contributed by atoms with E-state index in [0.717, 1.165) is 31.2 Å². The number of hydrogen-bond acceptors (Lipinski definition) is 3. The molecule has 138 valence electrons. The summed E-state index contributed by atoms with van der Waals surface area (Å²) in [6.07, 6.45) is 2.99. The quantitative estimate of drug-likeness (QED) is 0.687. The molecule has 3 rings (SSSR count). The SMILES string of the molecule is CC(c1ccccc1)N(C(=O)C(Cl)(Cl)Cl)C1CCC2(CC1)OCCO2. The van der Waals surface area contributed by atoms with E-state index in [4.69, 9.17) is 44.3 Å². The summed E-state index contributed by atoms with van der Waals surface area (Å²) in [6.45, 7) is 3.22. The molecule has 0 N–H and O–H groups in total. The number of ether oxygens (including phenoxy) is 2. The normalized spacial score (nSPS) is 22.1. The zero-order valence-corrected chi connectivity index (χ0v) is 16.4. The van der Waals surface area contributed by atoms with Crippen LogP contribution in [0.2, 0.25) is 0 Å². The third-order valence-electron chi connectivity index (χ3n) is 5.10. The predicted molar refractivity (Wildman–Crippen MR) is 98.9 cm³/mol. The minimum absolute atomic E-state index is 0.0169. The maximum absolute atomic E-state index is 12.9. The molecular weight excluding hydrogens is 385 g/mol. The molecule has 1 saturated carbocycles. The van der Waals surface area contributed by atoms with Gasteiger partial charge in [-0.3, -0.25) is 4.79 Å². The van der Waals surface area contributed by atoms with Gasteiger partial charge in [0.15, 0.2) is 5.79 Å². The largest absolute Gasteiger partial charge is 0.348 e. The number of alkyl halides is 3. The van der Waals surface area contributed by atoms with Crippen LogP contribution in [-0.2, 0) is 14.3 Å². The monoisotopic (exact) mass is 405 g/mol. The number of benzene rings is 1. The Morgan fingerprint density at radius 3 is 2.24 bits per heavy atom. The molecule has 25 heavy (non-hydrogen) atoms. The lowest BCUT2D eigenvalue weighted by Crippen LogP contribution is -2.50. The molecule has 7 heteroatoms. The van der Waals surface area contributed by atoms with E-state index in [2.05, 4.69) is 0 Å². The fourth-order valence-corrected chi connectivity index (χ4v) is 4.10. The van der Waals surface area contributed by atoms with Crippen molar-refractivity contribution >= 4 is 40.7 Å². The fraction of sp³-hybridized carbons (Fsp3) is 0.611. The molecule has 1 spiro atoms. The van der Waals surface area contributed by atoms with Crippen LogP contribution in [0.3, 0.4) is 0 Å². The second-order valence-corrected chi connectivity index (χ2v) is 8.92. The third-order valence-corrected chi connectivity index (χ3v) is 5.59. The highest BCUT2D eigenvalue weighted by Gasteiger charge is 2.46. The van der Waals surface area contributed by atoms with Crippen molar-refractivity contribution in [3.63, 3.8) is 0 Å². The van der Waals surface area contributed by atoms with Gasteiger partial charge >= 0.3 is 0 Å². The van der Waals surface area contributed by atoms with Gasteiger partial charge in [-0.15, -0.1) is 0 Å². The summed E-state index contributed by atoms with van der Waals surface area (Å²) in [5, 5.41) is 0. The van der Waals surface area contributed by atoms with E-state index in [1.54, 1.807) is 4.90 Å². The summed E-state index contributed by atoms with van der Waals surface area (Å²) in [5.74, 6) is -0.968. The fourth-order valence-electron chi connectivity index (χ4n) is 3.80. The van der Waals surface area contributed by atoms with Crippen LogP contribution in [0.4, 0.5) is 0 Å². The number of halogens is 3. The standard InChI is InChI=1S/C18H22Cl3NO3/c1-13(14-5-3-2-4-6-14)22(16(23)18(19,20)21)15-7-9-17(10-8-15)24-11-12-25-17/h2-6,13,15H,7-12H2,1H3. The van der Waals surface area contributed by atoms with Gasteiger partial charge in [0.05, 0.1) is 19.3 Å². The molecule has 1 saturated heterocycles. The third kappa shape index (κ3) is 4.25. The highest BCUT2D eigenvalue weighted by Crippen LogP contribution is 2.41. The molecule has 1 aromatic rings. The van der Waals surface area contributed by atoms with Crippen molar-refractivity contribution < 1.29 is 14.3 Å². The van der Waals surface area contributed by atoms with Gasteiger partial charge in [0.1, 0.15) is 0 Å². The van der Waals surface area contributed by atoms with Gasteiger partial charge < -0.3 is 14.4 Å². The van der Waals surface area contributed by atoms with E-state index >= 15 is 0 Å². The Kier molecular flexibility index (Phi) is 5.86. The Balaban J connectivity index is 1.81. The molecule has 1 atom stereocenters. The molecule has 0 aromatic heterocycles. The first kappa shape index (κ1) is 19.2. The van der Waals surface area contributed by atoms with Gasteiger partial charge in [-0.1, -0.05) is 65.1 Å². The lowest BCUT2D eigenvalue weighted by molar-refractivity contribution is -0.186. The molecule has 1 aliphatic heterocycles. The maximum Gasteiger partial charge on any atom is 0.275 e. The molecule has 1 amide bonds. The van der Waals surface area contributed by atoms with Crippen molar-refractivity contribution in [3.05, 3.63) is 35.9 Å². The number of hydrogen-bond donors (Lipinski definition) is 0. The number of amides is 1. The molecular formula is C18H22Cl3NO3. The second kappa shape index (κ2) is 7.61. The highest BCUT2D eigenvalue weighted by atomic mass is 35.6. The molecule has 0 radical (unpaired) electrons. The summed E-state index contributed by atoms with van der Waals surface area (Å²) >= 11 is 17.8. The van der Waals surface area contributed by atoms with Gasteiger partial charge in [0, 0.05) is 18.9 Å². The van der Waals surface area contributed by atoms with Crippen molar-refractivity contribution in [2.24, 2.45) is 0 Å². The first-order valence-electron chi connectivity index (χ1n) is 8.55. The Bertz CT molecular complexity index is 589. The Labute approximate surface area is 163 Å². The maximum atomic E-state index is 12.9. The first-order valence-corrected chi connectivity index (χ1v) is 9.68. The summed E-state index contributed by atoms with van der Waals surface area (Å²) < 4.78 is 9.58. The molecule has 1 unspecified atom stereocenters. The van der Waals surface area contributed by atoms with Crippen molar-refractivity contribution in [2.45, 2.75) is 54.3 Å². The van der Waals surface area contributed by atoms with Crippen LogP contribution < -0.4 is 0 Å². The topological polar surface area (TPSA) is 38.8 Å². The van der Waals surface area contributed by atoms with E-state index in [-0.39, 0.29) is 12.1 Å². The van der Waals surface area contributed by atoms with Gasteiger partial charge in [-0.25, -0.2) is 0 Å². The van der Waals surface area contributed by atoms with Crippen LogP contribution in [0, 0.1) is 0 Å². The molecule has 4 nitrogen and oxygen atoms in total. The zero-order valence-electron chi connectivity index (χ0n) is 14.1. The molecule has 1 heterocycles. The van der Waals surface area contributed by atoms with Crippen LogP contribution in [0.15, 0.2) is 30.3 Å². The molecule has 2 fully saturated rings. The van der Waals surface area contributed by atoms with Crippen LogP contribution in [0.25, 0.3) is 0 Å². The van der Waals surface area contributed by atoms with E-state index in [1.807, 2.05) is 37.3 Å². The zero-order chi connectivity index (χ0) is 18.1. The average molecular weight is 407 g/mol. The smallest absolute Gasteiger partial charge is 0.275 e. The number of carbonyl (C=O) groups is 1. The molecule has 1 aromatic carbocycles. The number of carbonyl (C=O) groups excluding carboxylic acids is 1. The van der Waals surface area contributed by atoms with Crippen molar-refractivity contribution in [1.29, 1.82) is 0 Å². The van der Waals surface area contributed by atoms with E-state index < -0.39 is 15.5 Å². The van der Waals surface area contributed by atoms with Crippen LogP contribution in [-0.4, -0.2) is 39.6 Å². The van der Waals surface area contributed by atoms with E-state index in [0.29, 0.717) is 13.2 Å². The number of rotatable bonds is 3. The summed E-state index contributed by atoms with van der Waals surface area (Å²) in [5.41, 5.74) is 1.01. The van der Waals surface area contributed by atoms with Crippen LogP contribution >= 0.6 is 34.8 Å². The lowest BCUT2D eigenvalue weighted by Gasteiger charge is -2.43.